The summed E-state index contributed by atoms with van der Waals surface area (Å²) >= 11 is 0. The van der Waals surface area contributed by atoms with Gasteiger partial charge in [-0.25, -0.2) is 9.97 Å². The van der Waals surface area contributed by atoms with E-state index in [0.29, 0.717) is 5.82 Å². The van der Waals surface area contributed by atoms with E-state index < -0.39 is 0 Å². The molecule has 0 fully saturated rings. The summed E-state index contributed by atoms with van der Waals surface area (Å²) < 4.78 is 0. The molecule has 0 aromatic carbocycles. The minimum Gasteiger partial charge on any atom is -0.383 e. The third-order valence-electron chi connectivity index (χ3n) is 2.77. The van der Waals surface area contributed by atoms with Crippen LogP contribution < -0.4 is 5.73 Å². The van der Waals surface area contributed by atoms with Crippen molar-refractivity contribution >= 4 is 16.9 Å². The Labute approximate surface area is 103 Å². The normalized spacial score (nSPS) is 11.2. The van der Waals surface area contributed by atoms with E-state index >= 15 is 0 Å². The van der Waals surface area contributed by atoms with Crippen LogP contribution in [0.4, 0.5) is 5.82 Å². The first-order valence-electron chi connectivity index (χ1n) is 5.80. The second-order valence-corrected chi connectivity index (χ2v) is 4.06. The Morgan fingerprint density at radius 2 is 2.17 bits per heavy atom. The van der Waals surface area contributed by atoms with Crippen LogP contribution in [-0.4, -0.2) is 30.4 Å². The number of H-pyrrole nitrogens is 2. The Morgan fingerprint density at radius 1 is 1.28 bits per heavy atom. The van der Waals surface area contributed by atoms with E-state index in [0.717, 1.165) is 41.0 Å². The van der Waals surface area contributed by atoms with Gasteiger partial charge in [0.2, 0.25) is 0 Å². The zero-order valence-corrected chi connectivity index (χ0v) is 9.94. The largest absolute Gasteiger partial charge is 0.383 e. The van der Waals surface area contributed by atoms with Crippen LogP contribution in [0.15, 0.2) is 12.4 Å². The number of aromatic amines is 2. The lowest BCUT2D eigenvalue weighted by atomic mass is 10.2. The fourth-order valence-electron chi connectivity index (χ4n) is 1.98. The molecule has 0 unspecified atom stereocenters. The van der Waals surface area contributed by atoms with Gasteiger partial charge in [-0.05, 0) is 6.42 Å². The molecule has 92 valence electrons. The van der Waals surface area contributed by atoms with E-state index in [9.17, 15) is 0 Å². The molecule has 7 heteroatoms. The standard InChI is InChI=1S/C11H13N7/c1-2-3-8-15-10(12)9-6(4-13-11(9)16-8)7-5-14-18-17-7/h4-5H,2-3H2,1H3,(H,14,17,18)(H3,12,13,15,16). The Morgan fingerprint density at radius 3 is 2.89 bits per heavy atom. The molecule has 0 aliphatic rings. The molecule has 0 saturated heterocycles. The van der Waals surface area contributed by atoms with Gasteiger partial charge in [0.05, 0.1) is 11.6 Å². The molecule has 0 atom stereocenters. The minimum atomic E-state index is 0.475. The number of rotatable bonds is 3. The van der Waals surface area contributed by atoms with E-state index in [1.807, 2.05) is 6.20 Å². The smallest absolute Gasteiger partial charge is 0.143 e. The number of nitrogens with two attached hydrogens (primary N) is 1. The van der Waals surface area contributed by atoms with Crippen LogP contribution in [0.5, 0.6) is 0 Å². The van der Waals surface area contributed by atoms with E-state index in [2.05, 4.69) is 37.3 Å². The number of nitrogen functional groups attached to an aromatic ring is 1. The Hall–Kier alpha value is -2.44. The first-order chi connectivity index (χ1) is 8.79. The molecule has 3 aromatic heterocycles. The second-order valence-electron chi connectivity index (χ2n) is 4.06. The fourth-order valence-corrected chi connectivity index (χ4v) is 1.98. The number of nitrogens with zero attached hydrogens (tertiary/aromatic N) is 4. The van der Waals surface area contributed by atoms with Gasteiger partial charge in [-0.3, -0.25) is 5.10 Å². The molecule has 0 radical (unpaired) electrons. The highest BCUT2D eigenvalue weighted by Crippen LogP contribution is 2.29. The number of aryl methyl sites for hydroxylation is 1. The van der Waals surface area contributed by atoms with Gasteiger partial charge >= 0.3 is 0 Å². The van der Waals surface area contributed by atoms with Crippen molar-refractivity contribution in [2.75, 3.05) is 5.73 Å². The van der Waals surface area contributed by atoms with E-state index in [4.69, 9.17) is 5.73 Å². The molecule has 3 heterocycles. The van der Waals surface area contributed by atoms with Crippen molar-refractivity contribution in [1.82, 2.24) is 30.4 Å². The van der Waals surface area contributed by atoms with Gasteiger partial charge < -0.3 is 10.7 Å². The third-order valence-corrected chi connectivity index (χ3v) is 2.77. The molecule has 4 N–H and O–H groups in total. The van der Waals surface area contributed by atoms with E-state index in [1.54, 1.807) is 6.20 Å². The first-order valence-corrected chi connectivity index (χ1v) is 5.80. The summed E-state index contributed by atoms with van der Waals surface area (Å²) in [5, 5.41) is 11.1. The molecule has 18 heavy (non-hydrogen) atoms. The van der Waals surface area contributed by atoms with Crippen LogP contribution in [-0.2, 0) is 6.42 Å². The average molecular weight is 243 g/mol. The SMILES string of the molecule is CCCc1nc(N)c2c(-c3c[nH]nn3)c[nH]c2n1. The summed E-state index contributed by atoms with van der Waals surface area (Å²) in [6.45, 7) is 2.08. The predicted molar refractivity (Wildman–Crippen MR) is 67.7 cm³/mol. The van der Waals surface area contributed by atoms with Crippen LogP contribution >= 0.6 is 0 Å². The van der Waals surface area contributed by atoms with E-state index in [-0.39, 0.29) is 0 Å². The summed E-state index contributed by atoms with van der Waals surface area (Å²) in [5.41, 5.74) is 8.33. The Kier molecular flexibility index (Phi) is 2.44. The molecule has 0 aliphatic heterocycles. The number of hydrogen-bond donors (Lipinski definition) is 3. The summed E-state index contributed by atoms with van der Waals surface area (Å²) in [6.07, 6.45) is 5.34. The maximum atomic E-state index is 6.01. The molecule has 7 nitrogen and oxygen atoms in total. The summed E-state index contributed by atoms with van der Waals surface area (Å²) in [6, 6.07) is 0. The first kappa shape index (κ1) is 10.7. The van der Waals surface area contributed by atoms with Gasteiger partial charge in [-0.1, -0.05) is 12.1 Å². The number of anilines is 1. The quantitative estimate of drug-likeness (QED) is 0.642. The number of aromatic nitrogens is 6. The highest BCUT2D eigenvalue weighted by Gasteiger charge is 2.14. The molecular weight excluding hydrogens is 230 g/mol. The van der Waals surface area contributed by atoms with Crippen molar-refractivity contribution in [3.05, 3.63) is 18.2 Å². The Balaban J connectivity index is 2.20. The van der Waals surface area contributed by atoms with Crippen LogP contribution in [0.2, 0.25) is 0 Å². The van der Waals surface area contributed by atoms with E-state index in [1.165, 1.54) is 0 Å². The second kappa shape index (κ2) is 4.10. The van der Waals surface area contributed by atoms with Crippen LogP contribution in [0, 0.1) is 0 Å². The molecular formula is C11H13N7. The van der Waals surface area contributed by atoms with Crippen molar-refractivity contribution in [1.29, 1.82) is 0 Å². The lowest BCUT2D eigenvalue weighted by molar-refractivity contribution is 0.845. The monoisotopic (exact) mass is 243 g/mol. The number of fused-ring (bicyclic) bond motifs is 1. The lowest BCUT2D eigenvalue weighted by Gasteiger charge is -2.02. The average Bonchev–Trinajstić information content (AvgIpc) is 2.96. The predicted octanol–water partition coefficient (Wildman–Crippen LogP) is 1.28. The van der Waals surface area contributed by atoms with Gasteiger partial charge in [-0.2, -0.15) is 0 Å². The lowest BCUT2D eigenvalue weighted by Crippen LogP contribution is -2.00. The Bertz CT molecular complexity index is 668. The molecule has 0 saturated carbocycles. The molecule has 3 rings (SSSR count). The van der Waals surface area contributed by atoms with Crippen LogP contribution in [0.25, 0.3) is 22.3 Å². The summed E-state index contributed by atoms with van der Waals surface area (Å²) in [7, 11) is 0. The van der Waals surface area contributed by atoms with Crippen LogP contribution in [0.3, 0.4) is 0 Å². The van der Waals surface area contributed by atoms with Gasteiger partial charge in [0, 0.05) is 18.2 Å². The van der Waals surface area contributed by atoms with Gasteiger partial charge in [0.1, 0.15) is 23.0 Å². The summed E-state index contributed by atoms with van der Waals surface area (Å²) in [4.78, 5) is 11.9. The molecule has 0 bridgehead atoms. The number of hydrogen-bond acceptors (Lipinski definition) is 5. The molecule has 3 aromatic rings. The van der Waals surface area contributed by atoms with Crippen molar-refractivity contribution in [3.8, 4) is 11.3 Å². The van der Waals surface area contributed by atoms with Gasteiger partial charge in [0.15, 0.2) is 0 Å². The maximum Gasteiger partial charge on any atom is 0.143 e. The summed E-state index contributed by atoms with van der Waals surface area (Å²) in [5.74, 6) is 1.23. The van der Waals surface area contributed by atoms with Crippen molar-refractivity contribution in [2.45, 2.75) is 19.8 Å². The highest BCUT2D eigenvalue weighted by atomic mass is 15.3. The molecule has 0 spiro atoms. The minimum absolute atomic E-state index is 0.475. The van der Waals surface area contributed by atoms with Crippen molar-refractivity contribution in [3.63, 3.8) is 0 Å². The van der Waals surface area contributed by atoms with Crippen LogP contribution in [0.1, 0.15) is 19.2 Å². The zero-order chi connectivity index (χ0) is 12.5. The van der Waals surface area contributed by atoms with Gasteiger partial charge in [0.25, 0.3) is 0 Å². The molecule has 0 aliphatic carbocycles. The topological polar surface area (TPSA) is 109 Å². The fraction of sp³-hybridized carbons (Fsp3) is 0.273. The van der Waals surface area contributed by atoms with Gasteiger partial charge in [-0.15, -0.1) is 5.10 Å². The maximum absolute atomic E-state index is 6.01. The number of nitrogens with one attached hydrogen (secondary N) is 2. The molecule has 0 amide bonds. The zero-order valence-electron chi connectivity index (χ0n) is 9.94. The van der Waals surface area contributed by atoms with Crippen molar-refractivity contribution < 1.29 is 0 Å². The highest BCUT2D eigenvalue weighted by molar-refractivity contribution is 5.99. The van der Waals surface area contributed by atoms with Crippen molar-refractivity contribution in [2.24, 2.45) is 0 Å². The third kappa shape index (κ3) is 1.60.